The Kier molecular flexibility index (Phi) is 9.09. The van der Waals surface area contributed by atoms with Crippen molar-refractivity contribution in [3.8, 4) is 23.0 Å². The SMILES string of the molecule is COc1cc(C(=O)NNC(=S)NC(=O)c2cc(Br)ccc2OC(C)C)cc(OC)c1OC. The second-order valence-corrected chi connectivity index (χ2v) is 7.91. The van der Waals surface area contributed by atoms with Crippen molar-refractivity contribution >= 4 is 45.1 Å². The summed E-state index contributed by atoms with van der Waals surface area (Å²) in [5.74, 6) is 0.370. The minimum atomic E-state index is -0.535. The van der Waals surface area contributed by atoms with Gasteiger partial charge in [0.2, 0.25) is 5.75 Å². The van der Waals surface area contributed by atoms with Crippen LogP contribution in [0.1, 0.15) is 34.6 Å². The standard InChI is InChI=1S/C21H24BrN3O6S/c1-11(2)31-15-7-6-13(22)10-14(15)20(27)23-21(32)25-24-19(26)12-8-16(28-3)18(30-5)17(9-12)29-4/h6-11H,1-5H3,(H,24,26)(H2,23,25,27,32). The highest BCUT2D eigenvalue weighted by Gasteiger charge is 2.18. The van der Waals surface area contributed by atoms with Crippen LogP contribution in [0.5, 0.6) is 23.0 Å². The summed E-state index contributed by atoms with van der Waals surface area (Å²) >= 11 is 8.46. The summed E-state index contributed by atoms with van der Waals surface area (Å²) in [6, 6.07) is 8.03. The number of ether oxygens (including phenoxy) is 4. The van der Waals surface area contributed by atoms with Gasteiger partial charge < -0.3 is 18.9 Å². The first kappa shape index (κ1) is 25.2. The van der Waals surface area contributed by atoms with Crippen LogP contribution in [-0.4, -0.2) is 44.4 Å². The molecular formula is C21H24BrN3O6S. The van der Waals surface area contributed by atoms with E-state index in [2.05, 4.69) is 32.1 Å². The van der Waals surface area contributed by atoms with Crippen molar-refractivity contribution in [1.82, 2.24) is 16.2 Å². The third-order valence-electron chi connectivity index (χ3n) is 3.99. The minimum absolute atomic E-state index is 0.105. The molecule has 0 saturated carbocycles. The number of hydrazine groups is 1. The molecule has 0 fully saturated rings. The number of thiocarbonyl (C=S) groups is 1. The molecule has 2 amide bonds. The predicted molar refractivity (Wildman–Crippen MR) is 127 cm³/mol. The Bertz CT molecular complexity index is 990. The molecule has 0 radical (unpaired) electrons. The van der Waals surface area contributed by atoms with Crippen LogP contribution >= 0.6 is 28.1 Å². The van der Waals surface area contributed by atoms with Crippen molar-refractivity contribution < 1.29 is 28.5 Å². The lowest BCUT2D eigenvalue weighted by molar-refractivity contribution is 0.0932. The smallest absolute Gasteiger partial charge is 0.269 e. The summed E-state index contributed by atoms with van der Waals surface area (Å²) in [6.07, 6.45) is -0.120. The quantitative estimate of drug-likeness (QED) is 0.373. The van der Waals surface area contributed by atoms with Crippen LogP contribution in [0.25, 0.3) is 0 Å². The van der Waals surface area contributed by atoms with E-state index in [-0.39, 0.29) is 22.3 Å². The van der Waals surface area contributed by atoms with Crippen LogP contribution in [0.3, 0.4) is 0 Å². The van der Waals surface area contributed by atoms with Crippen molar-refractivity contribution in [2.75, 3.05) is 21.3 Å². The molecule has 32 heavy (non-hydrogen) atoms. The monoisotopic (exact) mass is 525 g/mol. The molecule has 0 unspecified atom stereocenters. The highest BCUT2D eigenvalue weighted by Crippen LogP contribution is 2.38. The molecule has 0 heterocycles. The molecule has 0 aliphatic carbocycles. The number of hydrogen-bond donors (Lipinski definition) is 3. The molecule has 9 nitrogen and oxygen atoms in total. The summed E-state index contributed by atoms with van der Waals surface area (Å²) < 4.78 is 22.1. The van der Waals surface area contributed by atoms with Crippen molar-refractivity contribution in [2.45, 2.75) is 20.0 Å². The van der Waals surface area contributed by atoms with Gasteiger partial charge in [0.1, 0.15) is 5.75 Å². The van der Waals surface area contributed by atoms with Gasteiger partial charge in [-0.2, -0.15) is 0 Å². The summed E-state index contributed by atoms with van der Waals surface area (Å²) in [5.41, 5.74) is 5.42. The van der Waals surface area contributed by atoms with E-state index in [1.807, 2.05) is 13.8 Å². The lowest BCUT2D eigenvalue weighted by Gasteiger charge is -2.16. The van der Waals surface area contributed by atoms with Crippen LogP contribution in [-0.2, 0) is 0 Å². The number of benzene rings is 2. The zero-order chi connectivity index (χ0) is 23.8. The Morgan fingerprint density at radius 2 is 1.53 bits per heavy atom. The Morgan fingerprint density at radius 1 is 0.906 bits per heavy atom. The van der Waals surface area contributed by atoms with E-state index < -0.39 is 11.8 Å². The third-order valence-corrected chi connectivity index (χ3v) is 4.69. The number of amides is 2. The van der Waals surface area contributed by atoms with E-state index in [9.17, 15) is 9.59 Å². The van der Waals surface area contributed by atoms with E-state index in [0.29, 0.717) is 27.5 Å². The maximum absolute atomic E-state index is 12.7. The van der Waals surface area contributed by atoms with Crippen LogP contribution in [0.4, 0.5) is 0 Å². The van der Waals surface area contributed by atoms with Gasteiger partial charge in [0.15, 0.2) is 16.6 Å². The zero-order valence-electron chi connectivity index (χ0n) is 18.2. The first-order chi connectivity index (χ1) is 15.2. The van der Waals surface area contributed by atoms with E-state index in [1.54, 1.807) is 18.2 Å². The van der Waals surface area contributed by atoms with Crippen molar-refractivity contribution in [2.24, 2.45) is 0 Å². The second kappa shape index (κ2) is 11.5. The van der Waals surface area contributed by atoms with Gasteiger partial charge in [-0.05, 0) is 56.4 Å². The molecule has 2 aromatic carbocycles. The molecule has 3 N–H and O–H groups in total. The zero-order valence-corrected chi connectivity index (χ0v) is 20.6. The molecule has 0 saturated heterocycles. The minimum Gasteiger partial charge on any atom is -0.493 e. The van der Waals surface area contributed by atoms with Gasteiger partial charge >= 0.3 is 0 Å². The molecule has 0 atom stereocenters. The Hall–Kier alpha value is -3.05. The van der Waals surface area contributed by atoms with E-state index in [4.69, 9.17) is 31.2 Å². The Labute approximate surface area is 199 Å². The van der Waals surface area contributed by atoms with Crippen LogP contribution in [0.2, 0.25) is 0 Å². The Balaban J connectivity index is 2.07. The fourth-order valence-corrected chi connectivity index (χ4v) is 3.14. The summed E-state index contributed by atoms with van der Waals surface area (Å²) in [5, 5.41) is 2.40. The number of methoxy groups -OCH3 is 3. The molecule has 0 spiro atoms. The molecule has 172 valence electrons. The topological polar surface area (TPSA) is 107 Å². The number of rotatable bonds is 7. The van der Waals surface area contributed by atoms with Gasteiger partial charge in [0.05, 0.1) is 33.0 Å². The van der Waals surface area contributed by atoms with Crippen molar-refractivity contribution in [3.05, 3.63) is 45.9 Å². The fraction of sp³-hybridized carbons (Fsp3) is 0.286. The molecule has 0 bridgehead atoms. The highest BCUT2D eigenvalue weighted by atomic mass is 79.9. The highest BCUT2D eigenvalue weighted by molar-refractivity contribution is 9.10. The molecule has 0 aliphatic rings. The first-order valence-electron chi connectivity index (χ1n) is 9.38. The number of halogens is 1. The summed E-state index contributed by atoms with van der Waals surface area (Å²) in [4.78, 5) is 25.2. The van der Waals surface area contributed by atoms with E-state index in [1.165, 1.54) is 33.5 Å². The largest absolute Gasteiger partial charge is 0.493 e. The summed E-state index contributed by atoms with van der Waals surface area (Å²) in [6.45, 7) is 3.71. The lowest BCUT2D eigenvalue weighted by Crippen LogP contribution is -2.48. The van der Waals surface area contributed by atoms with Crippen LogP contribution < -0.4 is 35.1 Å². The van der Waals surface area contributed by atoms with Gasteiger partial charge in [-0.1, -0.05) is 15.9 Å². The molecule has 0 aliphatic heterocycles. The third kappa shape index (κ3) is 6.47. The molecule has 0 aromatic heterocycles. The van der Waals surface area contributed by atoms with Gasteiger partial charge in [-0.3, -0.25) is 25.8 Å². The van der Waals surface area contributed by atoms with E-state index in [0.717, 1.165) is 0 Å². The molecule has 2 aromatic rings. The number of carbonyl (C=O) groups excluding carboxylic acids is 2. The van der Waals surface area contributed by atoms with E-state index >= 15 is 0 Å². The molecule has 11 heteroatoms. The number of carbonyl (C=O) groups is 2. The predicted octanol–water partition coefficient (Wildman–Crippen LogP) is 3.21. The van der Waals surface area contributed by atoms with Gasteiger partial charge in [-0.15, -0.1) is 0 Å². The molecule has 2 rings (SSSR count). The second-order valence-electron chi connectivity index (χ2n) is 6.58. The normalized spacial score (nSPS) is 10.2. The summed E-state index contributed by atoms with van der Waals surface area (Å²) in [7, 11) is 4.36. The fourth-order valence-electron chi connectivity index (χ4n) is 2.64. The van der Waals surface area contributed by atoms with Crippen molar-refractivity contribution in [1.29, 1.82) is 0 Å². The number of hydrogen-bond acceptors (Lipinski definition) is 7. The maximum Gasteiger partial charge on any atom is 0.269 e. The van der Waals surface area contributed by atoms with Gasteiger partial charge in [0.25, 0.3) is 11.8 Å². The number of nitrogens with one attached hydrogen (secondary N) is 3. The van der Waals surface area contributed by atoms with Gasteiger partial charge in [0, 0.05) is 10.0 Å². The average molecular weight is 526 g/mol. The maximum atomic E-state index is 12.7. The van der Waals surface area contributed by atoms with Gasteiger partial charge in [-0.25, -0.2) is 0 Å². The first-order valence-corrected chi connectivity index (χ1v) is 10.6. The molecular weight excluding hydrogens is 502 g/mol. The van der Waals surface area contributed by atoms with Crippen LogP contribution in [0, 0.1) is 0 Å². The van der Waals surface area contributed by atoms with Crippen molar-refractivity contribution in [3.63, 3.8) is 0 Å². The average Bonchev–Trinajstić information content (AvgIpc) is 2.76. The lowest BCUT2D eigenvalue weighted by atomic mass is 10.1. The van der Waals surface area contributed by atoms with Crippen LogP contribution in [0.15, 0.2) is 34.8 Å². The Morgan fingerprint density at radius 3 is 2.06 bits per heavy atom.